The standard InChI is InChI=1S/C15H30N2O2/c1-6-15(5)11-13(9-10-19-15)16-12(4)14(18)17(7-2)8-3/h12-13,16H,6-11H2,1-5H3. The van der Waals surface area contributed by atoms with Crippen LogP contribution in [0.1, 0.15) is 53.9 Å². The summed E-state index contributed by atoms with van der Waals surface area (Å²) >= 11 is 0. The number of ether oxygens (including phenoxy) is 1. The summed E-state index contributed by atoms with van der Waals surface area (Å²) in [7, 11) is 0. The molecule has 0 aromatic carbocycles. The van der Waals surface area contributed by atoms with Gasteiger partial charge in [-0.25, -0.2) is 0 Å². The van der Waals surface area contributed by atoms with Crippen molar-refractivity contribution in [1.29, 1.82) is 0 Å². The number of nitrogens with zero attached hydrogens (tertiary/aromatic N) is 1. The van der Waals surface area contributed by atoms with E-state index < -0.39 is 0 Å². The largest absolute Gasteiger partial charge is 0.375 e. The molecule has 1 N–H and O–H groups in total. The van der Waals surface area contributed by atoms with E-state index in [1.807, 2.05) is 25.7 Å². The molecule has 19 heavy (non-hydrogen) atoms. The van der Waals surface area contributed by atoms with Gasteiger partial charge in [-0.15, -0.1) is 0 Å². The van der Waals surface area contributed by atoms with E-state index in [0.29, 0.717) is 6.04 Å². The normalized spacial score (nSPS) is 29.0. The fraction of sp³-hybridized carbons (Fsp3) is 0.933. The Bertz CT molecular complexity index is 292. The molecule has 0 spiro atoms. The Balaban J connectivity index is 2.52. The minimum absolute atomic E-state index is 0.0338. The Kier molecular flexibility index (Phi) is 6.27. The van der Waals surface area contributed by atoms with Gasteiger partial charge in [0.05, 0.1) is 11.6 Å². The Morgan fingerprint density at radius 2 is 2.05 bits per heavy atom. The van der Waals surface area contributed by atoms with Crippen LogP contribution in [-0.2, 0) is 9.53 Å². The van der Waals surface area contributed by atoms with Gasteiger partial charge in [-0.2, -0.15) is 0 Å². The van der Waals surface area contributed by atoms with Crippen LogP contribution in [0.5, 0.6) is 0 Å². The van der Waals surface area contributed by atoms with Crippen LogP contribution in [0.2, 0.25) is 0 Å². The molecule has 1 saturated heterocycles. The molecule has 0 radical (unpaired) electrons. The maximum atomic E-state index is 12.2. The third kappa shape index (κ3) is 4.46. The minimum atomic E-state index is -0.107. The van der Waals surface area contributed by atoms with Crippen LogP contribution in [0, 0.1) is 0 Å². The van der Waals surface area contributed by atoms with Gasteiger partial charge in [0.1, 0.15) is 0 Å². The van der Waals surface area contributed by atoms with Crippen molar-refractivity contribution in [2.24, 2.45) is 0 Å². The lowest BCUT2D eigenvalue weighted by Gasteiger charge is -2.39. The highest BCUT2D eigenvalue weighted by Gasteiger charge is 2.33. The van der Waals surface area contributed by atoms with Crippen molar-refractivity contribution in [2.45, 2.75) is 71.6 Å². The highest BCUT2D eigenvalue weighted by Crippen LogP contribution is 2.27. The SMILES string of the molecule is CCN(CC)C(=O)C(C)NC1CCOC(C)(CC)C1. The molecule has 1 amide bonds. The number of nitrogens with one attached hydrogen (secondary N) is 1. The van der Waals surface area contributed by atoms with E-state index in [0.717, 1.165) is 39.0 Å². The third-order valence-electron chi connectivity index (χ3n) is 4.27. The van der Waals surface area contributed by atoms with E-state index in [9.17, 15) is 4.79 Å². The van der Waals surface area contributed by atoms with Crippen LogP contribution in [-0.4, -0.2) is 48.2 Å². The van der Waals surface area contributed by atoms with Crippen molar-refractivity contribution in [3.05, 3.63) is 0 Å². The number of hydrogen-bond donors (Lipinski definition) is 1. The number of likely N-dealkylation sites (N-methyl/N-ethyl adjacent to an activating group) is 1. The molecule has 112 valence electrons. The zero-order valence-corrected chi connectivity index (χ0v) is 13.2. The lowest BCUT2D eigenvalue weighted by atomic mass is 9.89. The van der Waals surface area contributed by atoms with Gasteiger partial charge in [0.25, 0.3) is 0 Å². The van der Waals surface area contributed by atoms with Crippen molar-refractivity contribution in [3.63, 3.8) is 0 Å². The summed E-state index contributed by atoms with van der Waals surface area (Å²) in [6, 6.07) is 0.275. The van der Waals surface area contributed by atoms with E-state index in [1.165, 1.54) is 0 Å². The van der Waals surface area contributed by atoms with Crippen LogP contribution in [0.4, 0.5) is 0 Å². The quantitative estimate of drug-likeness (QED) is 0.804. The monoisotopic (exact) mass is 270 g/mol. The zero-order valence-electron chi connectivity index (χ0n) is 13.2. The summed E-state index contributed by atoms with van der Waals surface area (Å²) in [5, 5.41) is 3.49. The number of rotatable bonds is 6. The Hall–Kier alpha value is -0.610. The molecule has 0 bridgehead atoms. The summed E-state index contributed by atoms with van der Waals surface area (Å²) in [5.74, 6) is 0.203. The predicted molar refractivity (Wildman–Crippen MR) is 78.2 cm³/mol. The second-order valence-corrected chi connectivity index (χ2v) is 5.74. The van der Waals surface area contributed by atoms with Crippen LogP contribution in [0.3, 0.4) is 0 Å². The molecule has 3 unspecified atom stereocenters. The van der Waals surface area contributed by atoms with Crippen LogP contribution in [0.25, 0.3) is 0 Å². The Morgan fingerprint density at radius 1 is 1.42 bits per heavy atom. The highest BCUT2D eigenvalue weighted by molar-refractivity contribution is 5.81. The second kappa shape index (κ2) is 7.25. The molecule has 4 nitrogen and oxygen atoms in total. The summed E-state index contributed by atoms with van der Waals surface area (Å²) in [6.07, 6.45) is 2.99. The van der Waals surface area contributed by atoms with Gasteiger partial charge in [0, 0.05) is 25.7 Å². The van der Waals surface area contributed by atoms with Crippen LogP contribution >= 0.6 is 0 Å². The number of carbonyl (C=O) groups excluding carboxylic acids is 1. The van der Waals surface area contributed by atoms with Crippen LogP contribution < -0.4 is 5.32 Å². The maximum Gasteiger partial charge on any atom is 0.239 e. The van der Waals surface area contributed by atoms with Gasteiger partial charge >= 0.3 is 0 Å². The molecule has 1 fully saturated rings. The van der Waals surface area contributed by atoms with E-state index in [4.69, 9.17) is 4.74 Å². The smallest absolute Gasteiger partial charge is 0.239 e. The fourth-order valence-corrected chi connectivity index (χ4v) is 2.75. The van der Waals surface area contributed by atoms with E-state index in [2.05, 4.69) is 19.2 Å². The lowest BCUT2D eigenvalue weighted by molar-refractivity contribution is -0.133. The van der Waals surface area contributed by atoms with Crippen molar-refractivity contribution < 1.29 is 9.53 Å². The summed E-state index contributed by atoms with van der Waals surface area (Å²) in [6.45, 7) is 12.7. The minimum Gasteiger partial charge on any atom is -0.375 e. The van der Waals surface area contributed by atoms with Gasteiger partial charge in [-0.3, -0.25) is 4.79 Å². The first-order chi connectivity index (χ1) is 8.95. The first kappa shape index (κ1) is 16.4. The molecule has 1 heterocycles. The molecular formula is C15H30N2O2. The predicted octanol–water partition coefficient (Wildman–Crippen LogP) is 2.18. The molecule has 1 aliphatic heterocycles. The van der Waals surface area contributed by atoms with E-state index in [1.54, 1.807) is 0 Å². The van der Waals surface area contributed by atoms with Crippen molar-refractivity contribution in [2.75, 3.05) is 19.7 Å². The van der Waals surface area contributed by atoms with Gasteiger partial charge < -0.3 is 15.0 Å². The third-order valence-corrected chi connectivity index (χ3v) is 4.27. The lowest BCUT2D eigenvalue weighted by Crippen LogP contribution is -2.52. The molecule has 0 aliphatic carbocycles. The van der Waals surface area contributed by atoms with Crippen LogP contribution in [0.15, 0.2) is 0 Å². The van der Waals surface area contributed by atoms with Gasteiger partial charge in [-0.1, -0.05) is 6.92 Å². The fourth-order valence-electron chi connectivity index (χ4n) is 2.75. The Morgan fingerprint density at radius 3 is 2.58 bits per heavy atom. The molecule has 0 aromatic rings. The van der Waals surface area contributed by atoms with Crippen molar-refractivity contribution >= 4 is 5.91 Å². The highest BCUT2D eigenvalue weighted by atomic mass is 16.5. The molecule has 4 heteroatoms. The Labute approximate surface area is 117 Å². The number of carbonyl (C=O) groups is 1. The van der Waals surface area contributed by atoms with E-state index in [-0.39, 0.29) is 17.6 Å². The summed E-state index contributed by atoms with van der Waals surface area (Å²) in [5.41, 5.74) is -0.0338. The number of amides is 1. The molecule has 3 atom stereocenters. The molecular weight excluding hydrogens is 240 g/mol. The molecule has 1 aliphatic rings. The zero-order chi connectivity index (χ0) is 14.5. The van der Waals surface area contributed by atoms with Crippen molar-refractivity contribution in [1.82, 2.24) is 10.2 Å². The average Bonchev–Trinajstić information content (AvgIpc) is 2.40. The molecule has 0 saturated carbocycles. The molecule has 0 aromatic heterocycles. The van der Waals surface area contributed by atoms with Gasteiger partial charge in [-0.05, 0) is 47.0 Å². The van der Waals surface area contributed by atoms with Gasteiger partial charge in [0.15, 0.2) is 0 Å². The van der Waals surface area contributed by atoms with E-state index >= 15 is 0 Å². The first-order valence-corrected chi connectivity index (χ1v) is 7.64. The summed E-state index contributed by atoms with van der Waals surface area (Å²) in [4.78, 5) is 14.1. The maximum absolute atomic E-state index is 12.2. The van der Waals surface area contributed by atoms with Crippen molar-refractivity contribution in [3.8, 4) is 0 Å². The number of hydrogen-bond acceptors (Lipinski definition) is 3. The average molecular weight is 270 g/mol. The molecule has 1 rings (SSSR count). The van der Waals surface area contributed by atoms with Gasteiger partial charge in [0.2, 0.25) is 5.91 Å². The topological polar surface area (TPSA) is 41.6 Å². The first-order valence-electron chi connectivity index (χ1n) is 7.64. The summed E-state index contributed by atoms with van der Waals surface area (Å²) < 4.78 is 5.84. The second-order valence-electron chi connectivity index (χ2n) is 5.74.